The highest BCUT2D eigenvalue weighted by Gasteiger charge is 2.05. The molecule has 0 aliphatic rings. The van der Waals surface area contributed by atoms with E-state index in [-0.39, 0.29) is 0 Å². The van der Waals surface area contributed by atoms with E-state index in [1.165, 1.54) is 0 Å². The van der Waals surface area contributed by atoms with E-state index in [4.69, 9.17) is 19.9 Å². The lowest BCUT2D eigenvalue weighted by Gasteiger charge is -2.10. The molecule has 0 bridgehead atoms. The summed E-state index contributed by atoms with van der Waals surface area (Å²) in [6, 6.07) is 7.29. The molecule has 0 aliphatic carbocycles. The fourth-order valence-corrected chi connectivity index (χ4v) is 1.80. The van der Waals surface area contributed by atoms with Crippen LogP contribution in [0.5, 0.6) is 23.0 Å². The Morgan fingerprint density at radius 2 is 1.55 bits per heavy atom. The predicted octanol–water partition coefficient (Wildman–Crippen LogP) is 2.39. The van der Waals surface area contributed by atoms with Crippen molar-refractivity contribution < 1.29 is 14.2 Å². The van der Waals surface area contributed by atoms with Crippen LogP contribution in [0.25, 0.3) is 0 Å². The van der Waals surface area contributed by atoms with Crippen molar-refractivity contribution in [3.05, 3.63) is 42.2 Å². The first-order valence-corrected chi connectivity index (χ1v) is 6.30. The van der Waals surface area contributed by atoms with Gasteiger partial charge in [0.2, 0.25) is 0 Å². The van der Waals surface area contributed by atoms with Crippen LogP contribution in [0.15, 0.2) is 36.7 Å². The Morgan fingerprint density at radius 1 is 0.900 bits per heavy atom. The van der Waals surface area contributed by atoms with Crippen molar-refractivity contribution in [3.8, 4) is 23.0 Å². The van der Waals surface area contributed by atoms with Gasteiger partial charge in [0.15, 0.2) is 0 Å². The Labute approximate surface area is 118 Å². The second-order valence-electron chi connectivity index (χ2n) is 4.22. The number of ether oxygens (including phenoxy) is 3. The molecule has 2 rings (SSSR count). The minimum Gasteiger partial charge on any atom is -0.496 e. The van der Waals surface area contributed by atoms with Crippen molar-refractivity contribution in [1.29, 1.82) is 0 Å². The summed E-state index contributed by atoms with van der Waals surface area (Å²) in [7, 11) is 3.20. The molecule has 1 heterocycles. The molecule has 0 aliphatic heterocycles. The minimum absolute atomic E-state index is 0.581. The Kier molecular flexibility index (Phi) is 4.79. The van der Waals surface area contributed by atoms with Crippen LogP contribution in [0.2, 0.25) is 0 Å². The first kappa shape index (κ1) is 14.1. The lowest BCUT2D eigenvalue weighted by Crippen LogP contribution is -2.03. The number of nitrogens with zero attached hydrogens (tertiary/aromatic N) is 1. The van der Waals surface area contributed by atoms with Gasteiger partial charge in [-0.15, -0.1) is 0 Å². The van der Waals surface area contributed by atoms with Gasteiger partial charge in [0, 0.05) is 24.4 Å². The van der Waals surface area contributed by atoms with Crippen molar-refractivity contribution in [2.24, 2.45) is 5.73 Å². The van der Waals surface area contributed by atoms with E-state index in [9.17, 15) is 0 Å². The predicted molar refractivity (Wildman–Crippen MR) is 76.6 cm³/mol. The molecule has 106 valence electrons. The first-order chi connectivity index (χ1) is 9.75. The van der Waals surface area contributed by atoms with E-state index in [2.05, 4.69) is 4.98 Å². The Balaban J connectivity index is 2.22. The summed E-state index contributed by atoms with van der Waals surface area (Å²) in [4.78, 5) is 4.14. The van der Waals surface area contributed by atoms with E-state index in [0.29, 0.717) is 29.5 Å². The molecule has 5 heteroatoms. The van der Waals surface area contributed by atoms with Gasteiger partial charge in [-0.2, -0.15) is 0 Å². The highest BCUT2D eigenvalue weighted by atomic mass is 16.5. The lowest BCUT2D eigenvalue weighted by molar-refractivity contribution is 0.386. The van der Waals surface area contributed by atoms with Gasteiger partial charge in [0.05, 0.1) is 20.4 Å². The van der Waals surface area contributed by atoms with Gasteiger partial charge in [0.25, 0.3) is 0 Å². The molecule has 0 atom stereocenters. The molecule has 0 amide bonds. The number of pyridine rings is 1. The highest BCUT2D eigenvalue weighted by Crippen LogP contribution is 2.30. The summed E-state index contributed by atoms with van der Waals surface area (Å²) in [5.74, 6) is 2.63. The summed E-state index contributed by atoms with van der Waals surface area (Å²) in [6.07, 6.45) is 4.21. The first-order valence-electron chi connectivity index (χ1n) is 6.30. The van der Waals surface area contributed by atoms with Crippen molar-refractivity contribution in [2.75, 3.05) is 20.8 Å². The Bertz CT molecular complexity index is 551. The standard InChI is InChI=1S/C15H18N2O3/c1-18-12-6-13(19-2)8-14(7-12)20-15-5-11(3-4-16)9-17-10-15/h5-10H,3-4,16H2,1-2H3. The van der Waals surface area contributed by atoms with Gasteiger partial charge in [-0.05, 0) is 24.6 Å². The number of nitrogens with two attached hydrogens (primary N) is 1. The van der Waals surface area contributed by atoms with Crippen LogP contribution in [-0.2, 0) is 6.42 Å². The van der Waals surface area contributed by atoms with Crippen LogP contribution in [0.3, 0.4) is 0 Å². The van der Waals surface area contributed by atoms with Crippen LogP contribution in [-0.4, -0.2) is 25.7 Å². The molecular weight excluding hydrogens is 256 g/mol. The highest BCUT2D eigenvalue weighted by molar-refractivity contribution is 5.44. The molecule has 0 unspecified atom stereocenters. The summed E-state index contributed by atoms with van der Waals surface area (Å²) >= 11 is 0. The summed E-state index contributed by atoms with van der Waals surface area (Å²) < 4.78 is 16.2. The fraction of sp³-hybridized carbons (Fsp3) is 0.267. The van der Waals surface area contributed by atoms with Crippen LogP contribution >= 0.6 is 0 Å². The molecule has 0 spiro atoms. The Hall–Kier alpha value is -2.27. The second-order valence-corrected chi connectivity index (χ2v) is 4.22. The van der Waals surface area contributed by atoms with Crippen molar-refractivity contribution in [3.63, 3.8) is 0 Å². The zero-order chi connectivity index (χ0) is 14.4. The lowest BCUT2D eigenvalue weighted by atomic mass is 10.2. The smallest absolute Gasteiger partial charge is 0.145 e. The number of rotatable bonds is 6. The molecular formula is C15H18N2O3. The van der Waals surface area contributed by atoms with E-state index in [1.807, 2.05) is 6.07 Å². The van der Waals surface area contributed by atoms with Gasteiger partial charge in [0.1, 0.15) is 23.0 Å². The molecule has 0 saturated heterocycles. The molecule has 0 fully saturated rings. The maximum Gasteiger partial charge on any atom is 0.145 e. The molecule has 20 heavy (non-hydrogen) atoms. The van der Waals surface area contributed by atoms with Crippen LogP contribution in [0.4, 0.5) is 0 Å². The van der Waals surface area contributed by atoms with Crippen molar-refractivity contribution in [1.82, 2.24) is 4.98 Å². The summed E-state index contributed by atoms with van der Waals surface area (Å²) in [5.41, 5.74) is 6.58. The number of aromatic nitrogens is 1. The average molecular weight is 274 g/mol. The zero-order valence-corrected chi connectivity index (χ0v) is 11.6. The molecule has 0 radical (unpaired) electrons. The van der Waals surface area contributed by atoms with Gasteiger partial charge >= 0.3 is 0 Å². The number of benzene rings is 1. The molecule has 2 aromatic rings. The third kappa shape index (κ3) is 3.61. The van der Waals surface area contributed by atoms with E-state index >= 15 is 0 Å². The van der Waals surface area contributed by atoms with Gasteiger partial charge < -0.3 is 19.9 Å². The maximum absolute atomic E-state index is 5.79. The van der Waals surface area contributed by atoms with E-state index in [0.717, 1.165) is 12.0 Å². The fourth-order valence-electron chi connectivity index (χ4n) is 1.80. The van der Waals surface area contributed by atoms with E-state index < -0.39 is 0 Å². The SMILES string of the molecule is COc1cc(OC)cc(Oc2cncc(CCN)c2)c1. The summed E-state index contributed by atoms with van der Waals surface area (Å²) in [6.45, 7) is 0.581. The largest absolute Gasteiger partial charge is 0.496 e. The molecule has 1 aromatic carbocycles. The third-order valence-corrected chi connectivity index (χ3v) is 2.76. The van der Waals surface area contributed by atoms with E-state index in [1.54, 1.807) is 44.8 Å². The number of methoxy groups -OCH3 is 2. The molecule has 0 saturated carbocycles. The van der Waals surface area contributed by atoms with Gasteiger partial charge in [-0.3, -0.25) is 4.98 Å². The van der Waals surface area contributed by atoms with Crippen molar-refractivity contribution in [2.45, 2.75) is 6.42 Å². The van der Waals surface area contributed by atoms with Gasteiger partial charge in [-0.1, -0.05) is 0 Å². The van der Waals surface area contributed by atoms with Gasteiger partial charge in [-0.25, -0.2) is 0 Å². The average Bonchev–Trinajstić information content (AvgIpc) is 2.47. The number of hydrogen-bond acceptors (Lipinski definition) is 5. The minimum atomic E-state index is 0.581. The molecule has 5 nitrogen and oxygen atoms in total. The molecule has 2 N–H and O–H groups in total. The van der Waals surface area contributed by atoms with Crippen LogP contribution < -0.4 is 19.9 Å². The normalized spacial score (nSPS) is 10.2. The maximum atomic E-state index is 5.79. The quantitative estimate of drug-likeness (QED) is 0.876. The molecule has 1 aromatic heterocycles. The van der Waals surface area contributed by atoms with Crippen LogP contribution in [0.1, 0.15) is 5.56 Å². The summed E-state index contributed by atoms with van der Waals surface area (Å²) in [5, 5.41) is 0. The topological polar surface area (TPSA) is 66.6 Å². The Morgan fingerprint density at radius 3 is 2.15 bits per heavy atom. The number of hydrogen-bond donors (Lipinski definition) is 1. The zero-order valence-electron chi connectivity index (χ0n) is 11.6. The third-order valence-electron chi connectivity index (χ3n) is 2.76. The van der Waals surface area contributed by atoms with Crippen LogP contribution in [0, 0.1) is 0 Å². The second kappa shape index (κ2) is 6.77. The van der Waals surface area contributed by atoms with Crippen molar-refractivity contribution >= 4 is 0 Å². The monoisotopic (exact) mass is 274 g/mol.